The van der Waals surface area contributed by atoms with Crippen molar-refractivity contribution >= 4 is 11.9 Å². The highest BCUT2D eigenvalue weighted by atomic mass is 16.6. The van der Waals surface area contributed by atoms with Crippen molar-refractivity contribution in [3.05, 3.63) is 0 Å². The molecule has 0 aromatic rings. The number of amidine groups is 1. The third-order valence-corrected chi connectivity index (χ3v) is 3.28. The van der Waals surface area contributed by atoms with E-state index in [0.29, 0.717) is 0 Å². The van der Waals surface area contributed by atoms with Crippen molar-refractivity contribution in [3.8, 4) is 0 Å². The molecule has 1 amide bonds. The first kappa shape index (κ1) is 15.6. The van der Waals surface area contributed by atoms with Crippen LogP contribution in [0.15, 0.2) is 5.16 Å². The molecule has 0 heterocycles. The number of carbonyl (C=O) groups is 1. The summed E-state index contributed by atoms with van der Waals surface area (Å²) < 4.78 is 5.42. The predicted molar refractivity (Wildman–Crippen MR) is 73.2 cm³/mol. The summed E-state index contributed by atoms with van der Waals surface area (Å²) in [4.78, 5) is 13.9. The van der Waals surface area contributed by atoms with Gasteiger partial charge in [-0.3, -0.25) is 4.90 Å². The molecule has 3 N–H and O–H groups in total. The molecule has 0 unspecified atom stereocenters. The topological polar surface area (TPSA) is 88.2 Å². The first-order valence-corrected chi connectivity index (χ1v) is 6.75. The second kappa shape index (κ2) is 6.12. The van der Waals surface area contributed by atoms with Crippen molar-refractivity contribution < 1.29 is 14.7 Å². The Hall–Kier alpha value is -1.46. The summed E-state index contributed by atoms with van der Waals surface area (Å²) in [5.74, 6) is 0.0257. The van der Waals surface area contributed by atoms with Crippen molar-refractivity contribution in [3.63, 3.8) is 0 Å². The lowest BCUT2D eigenvalue weighted by atomic mass is 10.1. The molecule has 1 saturated carbocycles. The zero-order valence-corrected chi connectivity index (χ0v) is 12.2. The van der Waals surface area contributed by atoms with Crippen LogP contribution in [0.4, 0.5) is 4.79 Å². The van der Waals surface area contributed by atoms with Gasteiger partial charge in [0, 0.05) is 6.04 Å². The number of nitrogens with two attached hydrogens (primary N) is 1. The SMILES string of the molecule is C[C@@H](C(N)=NO)N(C(=O)OC(C)(C)C)C1CCCC1. The number of oxime groups is 1. The summed E-state index contributed by atoms with van der Waals surface area (Å²) in [5, 5.41) is 11.8. The lowest BCUT2D eigenvalue weighted by molar-refractivity contribution is 0.0130. The molecule has 1 rings (SSSR count). The summed E-state index contributed by atoms with van der Waals surface area (Å²) in [7, 11) is 0. The van der Waals surface area contributed by atoms with Crippen molar-refractivity contribution in [2.24, 2.45) is 10.9 Å². The zero-order valence-electron chi connectivity index (χ0n) is 12.2. The van der Waals surface area contributed by atoms with Gasteiger partial charge < -0.3 is 15.7 Å². The third-order valence-electron chi connectivity index (χ3n) is 3.28. The highest BCUT2D eigenvalue weighted by Crippen LogP contribution is 2.27. The highest BCUT2D eigenvalue weighted by Gasteiger charge is 2.35. The smallest absolute Gasteiger partial charge is 0.411 e. The van der Waals surface area contributed by atoms with E-state index in [4.69, 9.17) is 15.7 Å². The maximum Gasteiger partial charge on any atom is 0.411 e. The Balaban J connectivity index is 2.88. The molecule has 0 spiro atoms. The maximum absolute atomic E-state index is 12.3. The molecule has 0 radical (unpaired) electrons. The van der Waals surface area contributed by atoms with E-state index in [0.717, 1.165) is 25.7 Å². The van der Waals surface area contributed by atoms with Gasteiger partial charge in [0.05, 0.1) is 6.04 Å². The van der Waals surface area contributed by atoms with Crippen LogP contribution in [0.2, 0.25) is 0 Å². The van der Waals surface area contributed by atoms with Crippen LogP contribution < -0.4 is 5.73 Å². The fourth-order valence-electron chi connectivity index (χ4n) is 2.35. The van der Waals surface area contributed by atoms with Gasteiger partial charge in [0.2, 0.25) is 0 Å². The minimum Gasteiger partial charge on any atom is -0.444 e. The van der Waals surface area contributed by atoms with Gasteiger partial charge in [-0.2, -0.15) is 0 Å². The van der Waals surface area contributed by atoms with Gasteiger partial charge >= 0.3 is 6.09 Å². The van der Waals surface area contributed by atoms with Crippen LogP contribution >= 0.6 is 0 Å². The van der Waals surface area contributed by atoms with Crippen molar-refractivity contribution in [1.29, 1.82) is 0 Å². The van der Waals surface area contributed by atoms with Crippen LogP contribution in [0.25, 0.3) is 0 Å². The number of rotatable bonds is 3. The van der Waals surface area contributed by atoms with E-state index in [1.807, 2.05) is 20.8 Å². The summed E-state index contributed by atoms with van der Waals surface area (Å²) in [6.45, 7) is 7.22. The van der Waals surface area contributed by atoms with Crippen molar-refractivity contribution in [1.82, 2.24) is 4.90 Å². The van der Waals surface area contributed by atoms with Crippen molar-refractivity contribution in [2.45, 2.75) is 71.1 Å². The molecule has 1 aliphatic rings. The first-order chi connectivity index (χ1) is 8.76. The quantitative estimate of drug-likeness (QED) is 0.357. The summed E-state index contributed by atoms with van der Waals surface area (Å²) in [5.41, 5.74) is 5.08. The Kier molecular flexibility index (Phi) is 5.03. The molecule has 6 nitrogen and oxygen atoms in total. The lowest BCUT2D eigenvalue weighted by Gasteiger charge is -2.35. The largest absolute Gasteiger partial charge is 0.444 e. The Morgan fingerprint density at radius 2 is 1.95 bits per heavy atom. The minimum atomic E-state index is -0.557. The Labute approximate surface area is 114 Å². The van der Waals surface area contributed by atoms with Crippen LogP contribution in [0, 0.1) is 0 Å². The van der Waals surface area contributed by atoms with E-state index in [-0.39, 0.29) is 11.9 Å². The molecule has 1 aliphatic carbocycles. The zero-order chi connectivity index (χ0) is 14.6. The molecule has 110 valence electrons. The molecular weight excluding hydrogens is 246 g/mol. The lowest BCUT2D eigenvalue weighted by Crippen LogP contribution is -2.52. The molecular formula is C13H25N3O3. The molecule has 0 bridgehead atoms. The van der Waals surface area contributed by atoms with Crippen LogP contribution in [-0.4, -0.2) is 39.7 Å². The van der Waals surface area contributed by atoms with Gasteiger partial charge in [-0.25, -0.2) is 4.79 Å². The average Bonchev–Trinajstić information content (AvgIpc) is 2.79. The molecule has 0 aromatic carbocycles. The van der Waals surface area contributed by atoms with E-state index in [2.05, 4.69) is 5.16 Å². The third kappa shape index (κ3) is 4.29. The summed E-state index contributed by atoms with van der Waals surface area (Å²) >= 11 is 0. The molecule has 0 aliphatic heterocycles. The molecule has 0 aromatic heterocycles. The van der Waals surface area contributed by atoms with Gasteiger partial charge in [-0.15, -0.1) is 0 Å². The average molecular weight is 271 g/mol. The summed E-state index contributed by atoms with van der Waals surface area (Å²) in [6.07, 6.45) is 3.64. The van der Waals surface area contributed by atoms with Crippen LogP contribution in [0.1, 0.15) is 53.4 Å². The number of nitrogens with zero attached hydrogens (tertiary/aromatic N) is 2. The second-order valence-corrected chi connectivity index (χ2v) is 6.03. The van der Waals surface area contributed by atoms with Gasteiger partial charge in [-0.05, 0) is 40.5 Å². The Bertz CT molecular complexity index is 344. The number of ether oxygens (including phenoxy) is 1. The Morgan fingerprint density at radius 3 is 2.37 bits per heavy atom. The van der Waals surface area contributed by atoms with E-state index < -0.39 is 17.7 Å². The molecule has 0 saturated heterocycles. The van der Waals surface area contributed by atoms with Gasteiger partial charge in [-0.1, -0.05) is 18.0 Å². The monoisotopic (exact) mass is 271 g/mol. The van der Waals surface area contributed by atoms with Crippen LogP contribution in [0.3, 0.4) is 0 Å². The van der Waals surface area contributed by atoms with E-state index in [1.54, 1.807) is 11.8 Å². The number of hydrogen-bond acceptors (Lipinski definition) is 4. The number of carbonyl (C=O) groups excluding carboxylic acids is 1. The molecule has 1 fully saturated rings. The predicted octanol–water partition coefficient (Wildman–Crippen LogP) is 2.30. The molecule has 19 heavy (non-hydrogen) atoms. The van der Waals surface area contributed by atoms with Crippen molar-refractivity contribution in [2.75, 3.05) is 0 Å². The highest BCUT2D eigenvalue weighted by molar-refractivity contribution is 5.88. The van der Waals surface area contributed by atoms with E-state index in [9.17, 15) is 4.79 Å². The maximum atomic E-state index is 12.3. The fourth-order valence-corrected chi connectivity index (χ4v) is 2.35. The van der Waals surface area contributed by atoms with Crippen LogP contribution in [-0.2, 0) is 4.74 Å². The van der Waals surface area contributed by atoms with E-state index >= 15 is 0 Å². The minimum absolute atomic E-state index is 0.0257. The normalized spacial score (nSPS) is 19.3. The van der Waals surface area contributed by atoms with Gasteiger partial charge in [0.1, 0.15) is 5.60 Å². The first-order valence-electron chi connectivity index (χ1n) is 6.75. The van der Waals surface area contributed by atoms with Gasteiger partial charge in [0.25, 0.3) is 0 Å². The number of amides is 1. The van der Waals surface area contributed by atoms with Crippen LogP contribution in [0.5, 0.6) is 0 Å². The molecule has 1 atom stereocenters. The standard InChI is InChI=1S/C13H25N3O3/c1-9(11(14)15-18)16(10-7-5-6-8-10)12(17)19-13(2,3)4/h9-10,18H,5-8H2,1-4H3,(H2,14,15)/t9-/m0/s1. The number of hydrogen-bond donors (Lipinski definition) is 2. The Morgan fingerprint density at radius 1 is 1.42 bits per heavy atom. The summed E-state index contributed by atoms with van der Waals surface area (Å²) in [6, 6.07) is -0.368. The van der Waals surface area contributed by atoms with E-state index in [1.165, 1.54) is 0 Å². The molecule has 6 heteroatoms. The second-order valence-electron chi connectivity index (χ2n) is 6.03. The fraction of sp³-hybridized carbons (Fsp3) is 0.846. The van der Waals surface area contributed by atoms with Gasteiger partial charge in [0.15, 0.2) is 5.84 Å².